The van der Waals surface area contributed by atoms with Crippen molar-refractivity contribution in [2.24, 2.45) is 5.92 Å². The zero-order valence-electron chi connectivity index (χ0n) is 15.7. The molecule has 3 heterocycles. The molecular weight excluding hydrogens is 340 g/mol. The first kappa shape index (κ1) is 17.6. The van der Waals surface area contributed by atoms with Crippen molar-refractivity contribution in [3.63, 3.8) is 0 Å². The Kier molecular flexibility index (Phi) is 4.83. The van der Waals surface area contributed by atoms with Gasteiger partial charge in [-0.15, -0.1) is 0 Å². The molecule has 140 valence electrons. The molecule has 0 aliphatic heterocycles. The predicted molar refractivity (Wildman–Crippen MR) is 103 cm³/mol. The summed E-state index contributed by atoms with van der Waals surface area (Å²) in [6.45, 7) is 4.18. The summed E-state index contributed by atoms with van der Waals surface area (Å²) in [6, 6.07) is 2.17. The molecule has 7 heteroatoms. The van der Waals surface area contributed by atoms with E-state index in [1.165, 1.54) is 19.3 Å². The molecule has 1 aliphatic carbocycles. The van der Waals surface area contributed by atoms with Gasteiger partial charge in [0, 0.05) is 30.0 Å². The second-order valence-corrected chi connectivity index (χ2v) is 7.26. The molecule has 0 unspecified atom stereocenters. The molecule has 1 aliphatic rings. The molecule has 3 aromatic heterocycles. The van der Waals surface area contributed by atoms with Crippen molar-refractivity contribution in [3.05, 3.63) is 42.1 Å². The van der Waals surface area contributed by atoms with Crippen LogP contribution in [0.4, 0.5) is 0 Å². The molecule has 27 heavy (non-hydrogen) atoms. The first-order valence-electron chi connectivity index (χ1n) is 9.58. The van der Waals surface area contributed by atoms with Crippen LogP contribution in [0.2, 0.25) is 0 Å². The van der Waals surface area contributed by atoms with Crippen molar-refractivity contribution in [2.75, 3.05) is 0 Å². The highest BCUT2D eigenvalue weighted by Gasteiger charge is 2.22. The van der Waals surface area contributed by atoms with Crippen molar-refractivity contribution in [1.82, 2.24) is 30.0 Å². The first-order valence-corrected chi connectivity index (χ1v) is 9.58. The Bertz CT molecular complexity index is 941. The Morgan fingerprint density at radius 1 is 1.19 bits per heavy atom. The van der Waals surface area contributed by atoms with E-state index in [2.05, 4.69) is 32.3 Å². The molecule has 1 N–H and O–H groups in total. The normalized spacial score (nSPS) is 19.9. The van der Waals surface area contributed by atoms with Gasteiger partial charge >= 0.3 is 0 Å². The number of amides is 1. The number of hydrogen-bond donors (Lipinski definition) is 1. The summed E-state index contributed by atoms with van der Waals surface area (Å²) in [5.41, 5.74) is 2.21. The largest absolute Gasteiger partial charge is 0.349 e. The van der Waals surface area contributed by atoms with E-state index in [1.54, 1.807) is 29.5 Å². The van der Waals surface area contributed by atoms with E-state index in [-0.39, 0.29) is 11.9 Å². The van der Waals surface area contributed by atoms with Gasteiger partial charge in [0.05, 0.1) is 23.0 Å². The number of carbonyl (C=O) groups excluding carboxylic acids is 1. The van der Waals surface area contributed by atoms with E-state index in [0.717, 1.165) is 35.4 Å². The third-order valence-corrected chi connectivity index (χ3v) is 5.52. The number of pyridine rings is 1. The SMILES string of the molecule is CCC1CCC(NC(=O)c2cnc(-n3nc(C)c4ccncc43)nc2)CC1. The van der Waals surface area contributed by atoms with Crippen LogP contribution in [-0.4, -0.2) is 36.7 Å². The fourth-order valence-electron chi connectivity index (χ4n) is 3.80. The molecule has 7 nitrogen and oxygen atoms in total. The van der Waals surface area contributed by atoms with Gasteiger partial charge in [-0.25, -0.2) is 9.97 Å². The van der Waals surface area contributed by atoms with Gasteiger partial charge < -0.3 is 5.32 Å². The van der Waals surface area contributed by atoms with E-state index in [4.69, 9.17) is 0 Å². The van der Waals surface area contributed by atoms with Crippen LogP contribution in [0.25, 0.3) is 16.9 Å². The van der Waals surface area contributed by atoms with Crippen LogP contribution < -0.4 is 5.32 Å². The highest BCUT2D eigenvalue weighted by Crippen LogP contribution is 2.26. The molecule has 0 radical (unpaired) electrons. The molecule has 0 saturated heterocycles. The standard InChI is InChI=1S/C20H24N6O/c1-3-14-4-6-16(7-5-14)24-19(27)15-10-22-20(23-11-15)26-18-12-21-9-8-17(18)13(2)25-26/h8-12,14,16H,3-7H2,1-2H3,(H,24,27). The number of rotatable bonds is 4. The highest BCUT2D eigenvalue weighted by molar-refractivity contribution is 5.93. The number of hydrogen-bond acceptors (Lipinski definition) is 5. The monoisotopic (exact) mass is 364 g/mol. The number of aromatic nitrogens is 5. The number of fused-ring (bicyclic) bond motifs is 1. The fourth-order valence-corrected chi connectivity index (χ4v) is 3.80. The van der Waals surface area contributed by atoms with E-state index in [1.807, 2.05) is 13.0 Å². The smallest absolute Gasteiger partial charge is 0.254 e. The lowest BCUT2D eigenvalue weighted by Gasteiger charge is -2.28. The number of nitrogens with zero attached hydrogens (tertiary/aromatic N) is 5. The van der Waals surface area contributed by atoms with Crippen LogP contribution in [0.1, 0.15) is 55.1 Å². The summed E-state index contributed by atoms with van der Waals surface area (Å²) in [6.07, 6.45) is 12.3. The summed E-state index contributed by atoms with van der Waals surface area (Å²) in [4.78, 5) is 25.4. The van der Waals surface area contributed by atoms with Gasteiger partial charge in [-0.3, -0.25) is 9.78 Å². The zero-order chi connectivity index (χ0) is 18.8. The molecule has 0 spiro atoms. The second kappa shape index (κ2) is 7.42. The van der Waals surface area contributed by atoms with Gasteiger partial charge in [0.2, 0.25) is 0 Å². The van der Waals surface area contributed by atoms with Crippen molar-refractivity contribution in [2.45, 2.75) is 52.0 Å². The minimum atomic E-state index is -0.107. The van der Waals surface area contributed by atoms with Crippen molar-refractivity contribution >= 4 is 16.8 Å². The first-order chi connectivity index (χ1) is 13.2. The summed E-state index contributed by atoms with van der Waals surface area (Å²) >= 11 is 0. The summed E-state index contributed by atoms with van der Waals surface area (Å²) in [7, 11) is 0. The number of carbonyl (C=O) groups is 1. The van der Waals surface area contributed by atoms with E-state index in [9.17, 15) is 4.79 Å². The van der Waals surface area contributed by atoms with Gasteiger partial charge in [-0.1, -0.05) is 13.3 Å². The fraction of sp³-hybridized carbons (Fsp3) is 0.450. The van der Waals surface area contributed by atoms with Gasteiger partial charge in [-0.2, -0.15) is 9.78 Å². The van der Waals surface area contributed by atoms with Gasteiger partial charge in [0.1, 0.15) is 0 Å². The van der Waals surface area contributed by atoms with Crippen molar-refractivity contribution < 1.29 is 4.79 Å². The van der Waals surface area contributed by atoms with Gasteiger partial charge in [0.25, 0.3) is 11.9 Å². The maximum Gasteiger partial charge on any atom is 0.254 e. The quantitative estimate of drug-likeness (QED) is 0.768. The van der Waals surface area contributed by atoms with Crippen LogP contribution in [0, 0.1) is 12.8 Å². The number of aryl methyl sites for hydroxylation is 1. The topological polar surface area (TPSA) is 85.6 Å². The van der Waals surface area contributed by atoms with Crippen LogP contribution in [0.15, 0.2) is 30.9 Å². The summed E-state index contributed by atoms with van der Waals surface area (Å²) in [5.74, 6) is 1.13. The van der Waals surface area contributed by atoms with E-state index >= 15 is 0 Å². The second-order valence-electron chi connectivity index (χ2n) is 7.26. The molecule has 0 aromatic carbocycles. The Labute approximate surface area is 158 Å². The highest BCUT2D eigenvalue weighted by atomic mass is 16.1. The maximum atomic E-state index is 12.5. The average Bonchev–Trinajstić information content (AvgIpc) is 3.06. The Morgan fingerprint density at radius 3 is 2.63 bits per heavy atom. The third-order valence-electron chi connectivity index (χ3n) is 5.52. The Hall–Kier alpha value is -2.83. The third kappa shape index (κ3) is 3.54. The van der Waals surface area contributed by atoms with Crippen LogP contribution >= 0.6 is 0 Å². The zero-order valence-corrected chi connectivity index (χ0v) is 15.7. The Balaban J connectivity index is 1.48. The van der Waals surface area contributed by atoms with Crippen molar-refractivity contribution in [3.8, 4) is 5.95 Å². The molecule has 1 fully saturated rings. The lowest BCUT2D eigenvalue weighted by atomic mass is 9.84. The lowest BCUT2D eigenvalue weighted by Crippen LogP contribution is -2.37. The molecular formula is C20H24N6O. The predicted octanol–water partition coefficient (Wildman–Crippen LogP) is 3.22. The molecule has 0 atom stereocenters. The average molecular weight is 364 g/mol. The molecule has 1 saturated carbocycles. The molecule has 0 bridgehead atoms. The minimum Gasteiger partial charge on any atom is -0.349 e. The van der Waals surface area contributed by atoms with Crippen LogP contribution in [0.3, 0.4) is 0 Å². The summed E-state index contributed by atoms with van der Waals surface area (Å²) in [5, 5.41) is 8.63. The van der Waals surface area contributed by atoms with Crippen LogP contribution in [0.5, 0.6) is 0 Å². The molecule has 4 rings (SSSR count). The molecule has 3 aromatic rings. The summed E-state index contributed by atoms with van der Waals surface area (Å²) < 4.78 is 1.66. The molecule has 1 amide bonds. The van der Waals surface area contributed by atoms with Gasteiger partial charge in [0.15, 0.2) is 0 Å². The van der Waals surface area contributed by atoms with E-state index < -0.39 is 0 Å². The Morgan fingerprint density at radius 2 is 1.93 bits per heavy atom. The van der Waals surface area contributed by atoms with Crippen LogP contribution in [-0.2, 0) is 0 Å². The van der Waals surface area contributed by atoms with Gasteiger partial charge in [-0.05, 0) is 44.6 Å². The maximum absolute atomic E-state index is 12.5. The van der Waals surface area contributed by atoms with Crippen molar-refractivity contribution in [1.29, 1.82) is 0 Å². The number of nitrogens with one attached hydrogen (secondary N) is 1. The van der Waals surface area contributed by atoms with E-state index in [0.29, 0.717) is 11.5 Å². The lowest BCUT2D eigenvalue weighted by molar-refractivity contribution is 0.0921. The minimum absolute atomic E-state index is 0.107.